The molecular weight excluding hydrogens is 424 g/mol. The lowest BCUT2D eigenvalue weighted by Gasteiger charge is -2.07. The van der Waals surface area contributed by atoms with Crippen LogP contribution in [0.4, 0.5) is 0 Å². The highest BCUT2D eigenvalue weighted by atomic mass is 35.5. The Kier molecular flexibility index (Phi) is 5.96. The van der Waals surface area contributed by atoms with Crippen LogP contribution in [-0.2, 0) is 5.75 Å². The molecule has 4 rings (SSSR count). The van der Waals surface area contributed by atoms with E-state index >= 15 is 0 Å². The smallest absolute Gasteiger partial charge is 0.277 e. The molecule has 0 N–H and O–H groups in total. The summed E-state index contributed by atoms with van der Waals surface area (Å²) >= 11 is 8.00. The summed E-state index contributed by atoms with van der Waals surface area (Å²) in [6.07, 6.45) is 0. The van der Waals surface area contributed by atoms with Gasteiger partial charge in [0.25, 0.3) is 5.22 Å². The lowest BCUT2D eigenvalue weighted by molar-refractivity contribution is 0.355. The number of ether oxygens (including phenoxy) is 2. The monoisotopic (exact) mass is 442 g/mol. The second-order valence-electron chi connectivity index (χ2n) is 6.33. The van der Waals surface area contributed by atoms with Crippen molar-refractivity contribution in [3.8, 4) is 28.6 Å². The number of benzene rings is 2. The van der Waals surface area contributed by atoms with Crippen LogP contribution in [0.15, 0.2) is 58.2 Å². The van der Waals surface area contributed by atoms with Gasteiger partial charge in [0.2, 0.25) is 5.89 Å². The molecule has 2 aromatic carbocycles. The van der Waals surface area contributed by atoms with Gasteiger partial charge in [-0.15, -0.1) is 10.2 Å². The Labute approximate surface area is 183 Å². The van der Waals surface area contributed by atoms with Gasteiger partial charge in [-0.05, 0) is 37.3 Å². The summed E-state index contributed by atoms with van der Waals surface area (Å²) in [6, 6.07) is 15.2. The summed E-state index contributed by atoms with van der Waals surface area (Å²) in [5, 5.41) is 13.9. The Morgan fingerprint density at radius 1 is 1.03 bits per heavy atom. The van der Waals surface area contributed by atoms with Crippen LogP contribution >= 0.6 is 23.4 Å². The second kappa shape index (κ2) is 8.81. The maximum atomic E-state index is 6.59. The van der Waals surface area contributed by atoms with Crippen molar-refractivity contribution < 1.29 is 13.9 Å². The van der Waals surface area contributed by atoms with Crippen molar-refractivity contribution in [3.05, 3.63) is 64.9 Å². The lowest BCUT2D eigenvalue weighted by Crippen LogP contribution is -1.95. The average molecular weight is 443 g/mol. The zero-order valence-electron chi connectivity index (χ0n) is 16.6. The summed E-state index contributed by atoms with van der Waals surface area (Å²) in [5.41, 5.74) is 3.45. The van der Waals surface area contributed by atoms with Gasteiger partial charge in [0, 0.05) is 16.9 Å². The highest BCUT2D eigenvalue weighted by Crippen LogP contribution is 2.34. The van der Waals surface area contributed by atoms with Gasteiger partial charge in [-0.1, -0.05) is 41.6 Å². The maximum absolute atomic E-state index is 6.59. The zero-order valence-corrected chi connectivity index (χ0v) is 18.2. The quantitative estimate of drug-likeness (QED) is 0.364. The predicted octanol–water partition coefficient (Wildman–Crippen LogP) is 5.19. The summed E-state index contributed by atoms with van der Waals surface area (Å²) < 4.78 is 18.1. The van der Waals surface area contributed by atoms with Crippen molar-refractivity contribution >= 4 is 23.4 Å². The molecule has 0 atom stereocenters. The summed E-state index contributed by atoms with van der Waals surface area (Å²) in [4.78, 5) is 0. The molecule has 4 aromatic rings. The third kappa shape index (κ3) is 4.01. The van der Waals surface area contributed by atoms with Gasteiger partial charge in [-0.25, -0.2) is 4.68 Å². The normalized spacial score (nSPS) is 10.9. The molecule has 0 radical (unpaired) electrons. The molecule has 9 heteroatoms. The van der Waals surface area contributed by atoms with Crippen LogP contribution in [-0.4, -0.2) is 34.2 Å². The first-order valence-electron chi connectivity index (χ1n) is 9.09. The number of methoxy groups -OCH3 is 2. The van der Waals surface area contributed by atoms with Crippen molar-refractivity contribution in [3.63, 3.8) is 0 Å². The van der Waals surface area contributed by atoms with Crippen LogP contribution in [0.5, 0.6) is 11.5 Å². The Hall–Kier alpha value is -2.97. The number of para-hydroxylation sites is 1. The van der Waals surface area contributed by atoms with Gasteiger partial charge in [-0.2, -0.15) is 5.10 Å². The van der Waals surface area contributed by atoms with Crippen LogP contribution in [0, 0.1) is 6.92 Å². The van der Waals surface area contributed by atoms with Crippen molar-refractivity contribution in [2.24, 2.45) is 0 Å². The van der Waals surface area contributed by atoms with E-state index in [9.17, 15) is 0 Å². The molecule has 0 fully saturated rings. The first-order chi connectivity index (χ1) is 14.6. The highest BCUT2D eigenvalue weighted by Gasteiger charge is 2.17. The van der Waals surface area contributed by atoms with E-state index in [1.807, 2.05) is 43.3 Å². The third-order valence-electron chi connectivity index (χ3n) is 4.50. The molecule has 7 nitrogen and oxygen atoms in total. The molecule has 30 heavy (non-hydrogen) atoms. The van der Waals surface area contributed by atoms with Crippen LogP contribution in [0.2, 0.25) is 5.15 Å². The summed E-state index contributed by atoms with van der Waals surface area (Å²) in [5.74, 6) is 2.20. The Morgan fingerprint density at radius 2 is 1.80 bits per heavy atom. The van der Waals surface area contributed by atoms with Crippen LogP contribution in [0.25, 0.3) is 17.1 Å². The Morgan fingerprint density at radius 3 is 2.53 bits per heavy atom. The minimum absolute atomic E-state index is 0.404. The fourth-order valence-electron chi connectivity index (χ4n) is 2.92. The SMILES string of the molecule is COc1ccc(-c2nnc(SCc3c(C)nn(-c4ccccc4)c3Cl)o2)cc1OC. The van der Waals surface area contributed by atoms with Crippen LogP contribution in [0.3, 0.4) is 0 Å². The van der Waals surface area contributed by atoms with E-state index in [4.69, 9.17) is 25.5 Å². The number of aryl methyl sites for hydroxylation is 1. The molecule has 0 aliphatic heterocycles. The first kappa shape index (κ1) is 20.3. The molecule has 0 spiro atoms. The van der Waals surface area contributed by atoms with Crippen molar-refractivity contribution in [1.82, 2.24) is 20.0 Å². The molecule has 2 aromatic heterocycles. The van der Waals surface area contributed by atoms with E-state index in [-0.39, 0.29) is 0 Å². The lowest BCUT2D eigenvalue weighted by atomic mass is 10.2. The number of aromatic nitrogens is 4. The second-order valence-corrected chi connectivity index (χ2v) is 7.62. The zero-order chi connectivity index (χ0) is 21.1. The van der Waals surface area contributed by atoms with Gasteiger partial charge < -0.3 is 13.9 Å². The van der Waals surface area contributed by atoms with E-state index in [1.54, 1.807) is 31.0 Å². The minimum Gasteiger partial charge on any atom is -0.493 e. The molecule has 0 amide bonds. The molecule has 0 saturated heterocycles. The van der Waals surface area contributed by atoms with Crippen molar-refractivity contribution in [2.45, 2.75) is 17.9 Å². The minimum atomic E-state index is 0.404. The Balaban J connectivity index is 1.51. The fourth-order valence-corrected chi connectivity index (χ4v) is 4.19. The van der Waals surface area contributed by atoms with Gasteiger partial charge in [-0.3, -0.25) is 0 Å². The first-order valence-corrected chi connectivity index (χ1v) is 10.4. The van der Waals surface area contributed by atoms with E-state index in [1.165, 1.54) is 11.8 Å². The van der Waals surface area contributed by atoms with E-state index in [0.717, 1.165) is 22.5 Å². The number of nitrogens with zero attached hydrogens (tertiary/aromatic N) is 4. The molecule has 0 aliphatic carbocycles. The largest absolute Gasteiger partial charge is 0.493 e. The Bertz CT molecular complexity index is 1160. The number of hydrogen-bond donors (Lipinski definition) is 0. The standard InChI is InChI=1S/C21H19ClN4O3S/c1-13-16(19(22)26(25-13)15-7-5-4-6-8-15)12-30-21-24-23-20(29-21)14-9-10-17(27-2)18(11-14)28-3/h4-11H,12H2,1-3H3. The number of rotatable bonds is 7. The van der Waals surface area contributed by atoms with E-state index in [2.05, 4.69) is 15.3 Å². The molecule has 0 saturated carbocycles. The van der Waals surface area contributed by atoms with Gasteiger partial charge in [0.05, 0.1) is 25.6 Å². The van der Waals surface area contributed by atoms with Gasteiger partial charge in [0.1, 0.15) is 5.15 Å². The molecular formula is C21H19ClN4O3S. The van der Waals surface area contributed by atoms with Gasteiger partial charge >= 0.3 is 0 Å². The number of thioether (sulfide) groups is 1. The molecule has 0 unspecified atom stereocenters. The van der Waals surface area contributed by atoms with Crippen molar-refractivity contribution in [1.29, 1.82) is 0 Å². The molecule has 154 valence electrons. The van der Waals surface area contributed by atoms with Crippen LogP contribution < -0.4 is 9.47 Å². The highest BCUT2D eigenvalue weighted by molar-refractivity contribution is 7.98. The number of halogens is 1. The van der Waals surface area contributed by atoms with Crippen LogP contribution in [0.1, 0.15) is 11.3 Å². The summed E-state index contributed by atoms with van der Waals surface area (Å²) in [6.45, 7) is 1.93. The molecule has 0 aliphatic rings. The van der Waals surface area contributed by atoms with Gasteiger partial charge in [0.15, 0.2) is 11.5 Å². The topological polar surface area (TPSA) is 75.2 Å². The summed E-state index contributed by atoms with van der Waals surface area (Å²) in [7, 11) is 3.17. The molecule has 2 heterocycles. The average Bonchev–Trinajstić information content (AvgIpc) is 3.37. The predicted molar refractivity (Wildman–Crippen MR) is 116 cm³/mol. The maximum Gasteiger partial charge on any atom is 0.277 e. The van der Waals surface area contributed by atoms with E-state index < -0.39 is 0 Å². The van der Waals surface area contributed by atoms with Crippen molar-refractivity contribution in [2.75, 3.05) is 14.2 Å². The number of hydrogen-bond acceptors (Lipinski definition) is 7. The molecule has 0 bridgehead atoms. The van der Waals surface area contributed by atoms with E-state index in [0.29, 0.717) is 33.5 Å². The fraction of sp³-hybridized carbons (Fsp3) is 0.190. The third-order valence-corrected chi connectivity index (χ3v) is 5.73.